The molecule has 1 heterocycles. The Morgan fingerprint density at radius 3 is 2.70 bits per heavy atom. The summed E-state index contributed by atoms with van der Waals surface area (Å²) in [6.45, 7) is 2.20. The van der Waals surface area contributed by atoms with Crippen molar-refractivity contribution in [1.82, 2.24) is 9.88 Å². The molecule has 0 fully saturated rings. The van der Waals surface area contributed by atoms with E-state index in [4.69, 9.17) is 9.68 Å². The van der Waals surface area contributed by atoms with Crippen LogP contribution in [0, 0.1) is 17.2 Å². The van der Waals surface area contributed by atoms with Gasteiger partial charge in [-0.05, 0) is 19.1 Å². The fraction of sp³-hybridized carbons (Fsp3) is 0.267. The molecule has 2 rings (SSSR count). The van der Waals surface area contributed by atoms with Crippen LogP contribution in [0.1, 0.15) is 17.3 Å². The van der Waals surface area contributed by atoms with Gasteiger partial charge in [0.1, 0.15) is 0 Å². The number of amides is 1. The number of aromatic nitrogens is 1. The van der Waals surface area contributed by atoms with Gasteiger partial charge >= 0.3 is 0 Å². The number of rotatable bonds is 4. The maximum absolute atomic E-state index is 12.2. The molecule has 0 radical (unpaired) electrons. The van der Waals surface area contributed by atoms with Crippen LogP contribution in [0.25, 0.3) is 11.3 Å². The second kappa shape index (κ2) is 6.02. The molecule has 0 N–H and O–H groups in total. The standard InChI is InChI=1S/C15H15N3O2/c1-11(7-16)9-18(2)15(19)13-5-3-12(4-6-13)14-8-17-10-20-14/h3-6,8,10-11H,9H2,1-2H3/t11-/m0/s1. The monoisotopic (exact) mass is 269 g/mol. The van der Waals surface area contributed by atoms with Crippen molar-refractivity contribution in [2.45, 2.75) is 6.92 Å². The van der Waals surface area contributed by atoms with Gasteiger partial charge in [-0.1, -0.05) is 12.1 Å². The van der Waals surface area contributed by atoms with Crippen LogP contribution in [0.2, 0.25) is 0 Å². The molecule has 0 aliphatic carbocycles. The van der Waals surface area contributed by atoms with Crippen molar-refractivity contribution in [3.8, 4) is 17.4 Å². The lowest BCUT2D eigenvalue weighted by atomic mass is 10.1. The molecule has 0 bridgehead atoms. The molecular formula is C15H15N3O2. The van der Waals surface area contributed by atoms with E-state index in [1.165, 1.54) is 6.39 Å². The van der Waals surface area contributed by atoms with Crippen molar-refractivity contribution in [1.29, 1.82) is 5.26 Å². The minimum atomic E-state index is -0.183. The first-order chi connectivity index (χ1) is 9.61. The van der Waals surface area contributed by atoms with Crippen LogP contribution in [-0.4, -0.2) is 29.4 Å². The summed E-state index contributed by atoms with van der Waals surface area (Å²) >= 11 is 0. The lowest BCUT2D eigenvalue weighted by Gasteiger charge is -2.18. The topological polar surface area (TPSA) is 70.1 Å². The Kier molecular flexibility index (Phi) is 4.16. The summed E-state index contributed by atoms with van der Waals surface area (Å²) in [5.74, 6) is 0.379. The van der Waals surface area contributed by atoms with Gasteiger partial charge in [0.05, 0.1) is 18.2 Å². The third-order valence-corrected chi connectivity index (χ3v) is 2.96. The molecule has 102 valence electrons. The lowest BCUT2D eigenvalue weighted by Crippen LogP contribution is -2.30. The number of hydrogen-bond acceptors (Lipinski definition) is 4. The van der Waals surface area contributed by atoms with Crippen LogP contribution < -0.4 is 0 Å². The third kappa shape index (κ3) is 3.04. The Balaban J connectivity index is 2.10. The highest BCUT2D eigenvalue weighted by atomic mass is 16.3. The molecule has 20 heavy (non-hydrogen) atoms. The smallest absolute Gasteiger partial charge is 0.253 e. The first kappa shape index (κ1) is 13.8. The lowest BCUT2D eigenvalue weighted by molar-refractivity contribution is 0.0785. The Hall–Kier alpha value is -2.61. The van der Waals surface area contributed by atoms with E-state index >= 15 is 0 Å². The second-order valence-corrected chi connectivity index (χ2v) is 4.66. The van der Waals surface area contributed by atoms with Crippen LogP contribution >= 0.6 is 0 Å². The number of oxazole rings is 1. The molecule has 0 aliphatic heterocycles. The van der Waals surface area contributed by atoms with Crippen molar-refractivity contribution in [2.75, 3.05) is 13.6 Å². The quantitative estimate of drug-likeness (QED) is 0.855. The number of carbonyl (C=O) groups is 1. The predicted molar refractivity (Wildman–Crippen MR) is 73.7 cm³/mol. The fourth-order valence-electron chi connectivity index (χ4n) is 1.89. The van der Waals surface area contributed by atoms with Crippen LogP contribution in [0.3, 0.4) is 0 Å². The Morgan fingerprint density at radius 1 is 1.45 bits per heavy atom. The zero-order valence-corrected chi connectivity index (χ0v) is 11.4. The summed E-state index contributed by atoms with van der Waals surface area (Å²) < 4.78 is 5.19. The number of carbonyl (C=O) groups excluding carboxylic acids is 1. The van der Waals surface area contributed by atoms with Gasteiger partial charge in [-0.15, -0.1) is 0 Å². The van der Waals surface area contributed by atoms with Gasteiger partial charge in [-0.2, -0.15) is 5.26 Å². The zero-order valence-electron chi connectivity index (χ0n) is 11.4. The van der Waals surface area contributed by atoms with Crippen LogP contribution in [0.5, 0.6) is 0 Å². The Labute approximate surface area is 117 Å². The molecule has 0 unspecified atom stereocenters. The zero-order chi connectivity index (χ0) is 14.5. The van der Waals surface area contributed by atoms with E-state index in [-0.39, 0.29) is 11.8 Å². The first-order valence-electron chi connectivity index (χ1n) is 6.26. The van der Waals surface area contributed by atoms with Gasteiger partial charge in [0.2, 0.25) is 0 Å². The van der Waals surface area contributed by atoms with Crippen LogP contribution in [0.15, 0.2) is 41.3 Å². The SMILES string of the molecule is C[C@@H](C#N)CN(C)C(=O)c1ccc(-c2cnco2)cc1. The number of nitriles is 1. The highest BCUT2D eigenvalue weighted by Gasteiger charge is 2.14. The molecular weight excluding hydrogens is 254 g/mol. The highest BCUT2D eigenvalue weighted by Crippen LogP contribution is 2.19. The average Bonchev–Trinajstić information content (AvgIpc) is 3.00. The molecule has 0 saturated heterocycles. The van der Waals surface area contributed by atoms with Gasteiger partial charge in [0.25, 0.3) is 5.91 Å². The van der Waals surface area contributed by atoms with E-state index in [1.807, 2.05) is 12.1 Å². The summed E-state index contributed by atoms with van der Waals surface area (Å²) in [4.78, 5) is 17.6. The van der Waals surface area contributed by atoms with Crippen molar-refractivity contribution in [3.63, 3.8) is 0 Å². The van der Waals surface area contributed by atoms with E-state index in [0.29, 0.717) is 17.9 Å². The van der Waals surface area contributed by atoms with Crippen molar-refractivity contribution < 1.29 is 9.21 Å². The molecule has 1 atom stereocenters. The fourth-order valence-corrected chi connectivity index (χ4v) is 1.89. The summed E-state index contributed by atoms with van der Waals surface area (Å²) in [5.41, 5.74) is 1.45. The largest absolute Gasteiger partial charge is 0.444 e. The predicted octanol–water partition coefficient (Wildman–Crippen LogP) is 2.57. The molecule has 0 aliphatic rings. The summed E-state index contributed by atoms with van der Waals surface area (Å²) in [6.07, 6.45) is 2.99. The van der Waals surface area contributed by atoms with E-state index in [1.54, 1.807) is 37.2 Å². The molecule has 1 aromatic heterocycles. The molecule has 2 aromatic rings. The molecule has 1 amide bonds. The maximum atomic E-state index is 12.2. The van der Waals surface area contributed by atoms with Gasteiger partial charge < -0.3 is 9.32 Å². The third-order valence-electron chi connectivity index (χ3n) is 2.96. The minimum absolute atomic E-state index is 0.101. The second-order valence-electron chi connectivity index (χ2n) is 4.66. The van der Waals surface area contributed by atoms with Crippen molar-refractivity contribution in [3.05, 3.63) is 42.4 Å². The van der Waals surface area contributed by atoms with Gasteiger partial charge in [0.15, 0.2) is 12.2 Å². The first-order valence-corrected chi connectivity index (χ1v) is 6.26. The van der Waals surface area contributed by atoms with Gasteiger partial charge in [-0.25, -0.2) is 4.98 Å². The molecule has 1 aromatic carbocycles. The van der Waals surface area contributed by atoms with E-state index < -0.39 is 0 Å². The van der Waals surface area contributed by atoms with Crippen molar-refractivity contribution in [2.24, 2.45) is 5.92 Å². The minimum Gasteiger partial charge on any atom is -0.444 e. The molecule has 5 nitrogen and oxygen atoms in total. The van der Waals surface area contributed by atoms with Crippen LogP contribution in [-0.2, 0) is 0 Å². The average molecular weight is 269 g/mol. The van der Waals surface area contributed by atoms with Gasteiger partial charge in [0, 0.05) is 24.7 Å². The van der Waals surface area contributed by atoms with Crippen molar-refractivity contribution >= 4 is 5.91 Å². The summed E-state index contributed by atoms with van der Waals surface area (Å²) in [7, 11) is 1.69. The summed E-state index contributed by atoms with van der Waals surface area (Å²) in [5, 5.41) is 8.77. The molecule has 5 heteroatoms. The molecule has 0 saturated carbocycles. The number of benzene rings is 1. The molecule has 0 spiro atoms. The maximum Gasteiger partial charge on any atom is 0.253 e. The summed E-state index contributed by atoms with van der Waals surface area (Å²) in [6, 6.07) is 9.23. The van der Waals surface area contributed by atoms with E-state index in [2.05, 4.69) is 11.1 Å². The van der Waals surface area contributed by atoms with Crippen LogP contribution in [0.4, 0.5) is 0 Å². The van der Waals surface area contributed by atoms with E-state index in [9.17, 15) is 4.79 Å². The van der Waals surface area contributed by atoms with Gasteiger partial charge in [-0.3, -0.25) is 4.79 Å². The number of hydrogen-bond donors (Lipinski definition) is 0. The van der Waals surface area contributed by atoms with E-state index in [0.717, 1.165) is 5.56 Å². The highest BCUT2D eigenvalue weighted by molar-refractivity contribution is 5.94. The number of nitrogens with zero attached hydrogens (tertiary/aromatic N) is 3. The Morgan fingerprint density at radius 2 is 2.15 bits per heavy atom. The normalized spacial score (nSPS) is 11.7. The Bertz CT molecular complexity index is 612.